The van der Waals surface area contributed by atoms with Crippen molar-refractivity contribution in [3.05, 3.63) is 0 Å². The Bertz CT molecular complexity index is 117. The highest BCUT2D eigenvalue weighted by molar-refractivity contribution is 7.81. The number of carbonyl (C=O) groups is 1. The Morgan fingerprint density at radius 2 is 2.08 bits per heavy atom. The average molecular weight is 192 g/mol. The number of thiol groups is 1. The van der Waals surface area contributed by atoms with Crippen LogP contribution in [0.5, 0.6) is 0 Å². The number of esters is 1. The van der Waals surface area contributed by atoms with Crippen LogP contribution in [0.3, 0.4) is 0 Å². The van der Waals surface area contributed by atoms with Crippen LogP contribution < -0.4 is 0 Å². The second kappa shape index (κ2) is 8.87. The van der Waals surface area contributed by atoms with E-state index in [9.17, 15) is 4.79 Å². The van der Waals surface area contributed by atoms with Crippen molar-refractivity contribution in [3.8, 4) is 0 Å². The van der Waals surface area contributed by atoms with Crippen LogP contribution in [-0.4, -0.2) is 31.5 Å². The van der Waals surface area contributed by atoms with Crippen molar-refractivity contribution in [2.24, 2.45) is 0 Å². The molecular weight excluding hydrogens is 176 g/mol. The molecule has 0 rings (SSSR count). The molecule has 4 heteroatoms. The minimum Gasteiger partial charge on any atom is -0.463 e. The van der Waals surface area contributed by atoms with Gasteiger partial charge in [-0.2, -0.15) is 12.6 Å². The van der Waals surface area contributed by atoms with Crippen molar-refractivity contribution >= 4 is 18.6 Å². The molecule has 0 aliphatic heterocycles. The van der Waals surface area contributed by atoms with Crippen LogP contribution in [0.2, 0.25) is 0 Å². The van der Waals surface area contributed by atoms with Gasteiger partial charge in [-0.25, -0.2) is 0 Å². The molecule has 0 unspecified atom stereocenters. The first-order valence-corrected chi connectivity index (χ1v) is 4.78. The number of carbonyl (C=O) groups excluding carboxylic acids is 1. The van der Waals surface area contributed by atoms with E-state index >= 15 is 0 Å². The number of hydrogen-bond acceptors (Lipinski definition) is 4. The summed E-state index contributed by atoms with van der Waals surface area (Å²) in [6.45, 7) is 3.67. The van der Waals surface area contributed by atoms with Gasteiger partial charge in [-0.1, -0.05) is 13.3 Å². The van der Waals surface area contributed by atoms with Crippen LogP contribution in [0.25, 0.3) is 0 Å². The molecule has 0 heterocycles. The maximum atomic E-state index is 10.5. The third-order valence-corrected chi connectivity index (χ3v) is 1.52. The van der Waals surface area contributed by atoms with Crippen molar-refractivity contribution < 1.29 is 14.3 Å². The molecule has 0 aliphatic rings. The summed E-state index contributed by atoms with van der Waals surface area (Å²) < 4.78 is 9.90. The lowest BCUT2D eigenvalue weighted by Gasteiger charge is -2.03. The first kappa shape index (κ1) is 11.8. The van der Waals surface area contributed by atoms with Gasteiger partial charge >= 0.3 is 5.97 Å². The summed E-state index contributed by atoms with van der Waals surface area (Å²) in [5, 5.41) is 0. The lowest BCUT2D eigenvalue weighted by molar-refractivity contribution is -0.141. The van der Waals surface area contributed by atoms with Gasteiger partial charge in [0.25, 0.3) is 0 Å². The topological polar surface area (TPSA) is 35.5 Å². The Labute approximate surface area is 78.8 Å². The fourth-order valence-corrected chi connectivity index (χ4v) is 0.700. The van der Waals surface area contributed by atoms with Crippen molar-refractivity contribution in [2.45, 2.75) is 19.8 Å². The van der Waals surface area contributed by atoms with E-state index < -0.39 is 0 Å². The summed E-state index contributed by atoms with van der Waals surface area (Å²) in [6, 6.07) is 0. The van der Waals surface area contributed by atoms with Crippen LogP contribution in [0.4, 0.5) is 0 Å². The molecule has 0 atom stereocenters. The van der Waals surface area contributed by atoms with Gasteiger partial charge in [0, 0.05) is 6.61 Å². The molecule has 3 nitrogen and oxygen atoms in total. The van der Waals surface area contributed by atoms with Crippen LogP contribution in [0.1, 0.15) is 19.8 Å². The van der Waals surface area contributed by atoms with Gasteiger partial charge < -0.3 is 9.47 Å². The summed E-state index contributed by atoms with van der Waals surface area (Å²) in [5.74, 6) is -0.160. The van der Waals surface area contributed by atoms with E-state index in [0.717, 1.165) is 19.4 Å². The zero-order chi connectivity index (χ0) is 9.23. The number of hydrogen-bond donors (Lipinski definition) is 1. The molecule has 0 saturated carbocycles. The molecule has 0 N–H and O–H groups in total. The Morgan fingerprint density at radius 1 is 1.33 bits per heavy atom. The zero-order valence-electron chi connectivity index (χ0n) is 7.41. The number of ether oxygens (including phenoxy) is 2. The molecule has 72 valence electrons. The highest BCUT2D eigenvalue weighted by Crippen LogP contribution is 1.88. The van der Waals surface area contributed by atoms with Crippen LogP contribution in [0.15, 0.2) is 0 Å². The van der Waals surface area contributed by atoms with Crippen LogP contribution in [-0.2, 0) is 14.3 Å². The SMILES string of the molecule is CCCCOCCOC(=O)CS. The van der Waals surface area contributed by atoms with Crippen LogP contribution in [0, 0.1) is 0 Å². The lowest BCUT2D eigenvalue weighted by atomic mass is 10.4. The lowest BCUT2D eigenvalue weighted by Crippen LogP contribution is -2.11. The van der Waals surface area contributed by atoms with E-state index in [1.807, 2.05) is 0 Å². The Kier molecular flexibility index (Phi) is 8.71. The van der Waals surface area contributed by atoms with Crippen molar-refractivity contribution in [1.29, 1.82) is 0 Å². The Balaban J connectivity index is 2.95. The quantitative estimate of drug-likeness (QED) is 0.375. The molecule has 0 bridgehead atoms. The molecular formula is C8H16O3S. The molecule has 12 heavy (non-hydrogen) atoms. The van der Waals surface area contributed by atoms with Crippen molar-refractivity contribution in [3.63, 3.8) is 0 Å². The molecule has 0 aromatic heterocycles. The third-order valence-electron chi connectivity index (χ3n) is 1.26. The molecule has 0 fully saturated rings. The molecule has 0 radical (unpaired) electrons. The molecule has 0 aliphatic carbocycles. The molecule has 0 aromatic carbocycles. The minimum atomic E-state index is -0.294. The molecule has 0 spiro atoms. The van der Waals surface area contributed by atoms with Gasteiger partial charge in [0.15, 0.2) is 0 Å². The van der Waals surface area contributed by atoms with E-state index in [1.54, 1.807) is 0 Å². The second-order valence-corrected chi connectivity index (χ2v) is 2.66. The fourth-order valence-electron chi connectivity index (χ4n) is 0.609. The van der Waals surface area contributed by atoms with Gasteiger partial charge in [-0.05, 0) is 6.42 Å². The van der Waals surface area contributed by atoms with Gasteiger partial charge in [0.2, 0.25) is 0 Å². The smallest absolute Gasteiger partial charge is 0.315 e. The summed E-state index contributed by atoms with van der Waals surface area (Å²) in [4.78, 5) is 10.5. The summed E-state index contributed by atoms with van der Waals surface area (Å²) in [5.41, 5.74) is 0. The van der Waals surface area contributed by atoms with Crippen molar-refractivity contribution in [2.75, 3.05) is 25.6 Å². The monoisotopic (exact) mass is 192 g/mol. The summed E-state index contributed by atoms with van der Waals surface area (Å²) >= 11 is 3.76. The largest absolute Gasteiger partial charge is 0.463 e. The maximum Gasteiger partial charge on any atom is 0.315 e. The van der Waals surface area contributed by atoms with Crippen molar-refractivity contribution in [1.82, 2.24) is 0 Å². The van der Waals surface area contributed by atoms with E-state index in [0.29, 0.717) is 13.2 Å². The second-order valence-electron chi connectivity index (χ2n) is 2.34. The summed E-state index contributed by atoms with van der Waals surface area (Å²) in [7, 11) is 0. The van der Waals surface area contributed by atoms with Crippen LogP contribution >= 0.6 is 12.6 Å². The van der Waals surface area contributed by atoms with Gasteiger partial charge in [0.1, 0.15) is 6.61 Å². The first-order chi connectivity index (χ1) is 5.81. The zero-order valence-corrected chi connectivity index (χ0v) is 8.31. The minimum absolute atomic E-state index is 0.134. The van der Waals surface area contributed by atoms with Gasteiger partial charge in [-0.15, -0.1) is 0 Å². The van der Waals surface area contributed by atoms with E-state index in [4.69, 9.17) is 9.47 Å². The first-order valence-electron chi connectivity index (χ1n) is 4.15. The predicted octanol–water partition coefficient (Wildman–Crippen LogP) is 1.28. The van der Waals surface area contributed by atoms with Gasteiger partial charge in [-0.3, -0.25) is 4.79 Å². The third kappa shape index (κ3) is 7.88. The summed E-state index contributed by atoms with van der Waals surface area (Å²) in [6.07, 6.45) is 2.18. The fraction of sp³-hybridized carbons (Fsp3) is 0.875. The number of rotatable bonds is 7. The molecule has 0 saturated heterocycles. The van der Waals surface area contributed by atoms with E-state index in [1.165, 1.54) is 0 Å². The molecule has 0 aromatic rings. The highest BCUT2D eigenvalue weighted by atomic mass is 32.1. The highest BCUT2D eigenvalue weighted by Gasteiger charge is 1.96. The Morgan fingerprint density at radius 3 is 2.67 bits per heavy atom. The molecule has 0 amide bonds. The van der Waals surface area contributed by atoms with E-state index in [-0.39, 0.29) is 11.7 Å². The number of unbranched alkanes of at least 4 members (excludes halogenated alkanes) is 1. The van der Waals surface area contributed by atoms with E-state index in [2.05, 4.69) is 19.6 Å². The maximum absolute atomic E-state index is 10.5. The average Bonchev–Trinajstić information content (AvgIpc) is 2.10. The normalized spacial score (nSPS) is 9.83. The predicted molar refractivity (Wildman–Crippen MR) is 50.5 cm³/mol. The van der Waals surface area contributed by atoms with Gasteiger partial charge in [0.05, 0.1) is 12.4 Å². The standard InChI is InChI=1S/C8H16O3S/c1-2-3-4-10-5-6-11-8(9)7-12/h12H,2-7H2,1H3. The Hall–Kier alpha value is -0.220.